The van der Waals surface area contributed by atoms with Gasteiger partial charge in [-0.3, -0.25) is 0 Å². The van der Waals surface area contributed by atoms with Crippen LogP contribution in [-0.2, 0) is 21.7 Å². The van der Waals surface area contributed by atoms with Crippen LogP contribution in [0.3, 0.4) is 0 Å². The van der Waals surface area contributed by atoms with Gasteiger partial charge in [-0.2, -0.15) is 0 Å². The molecule has 0 N–H and O–H groups in total. The predicted molar refractivity (Wildman–Crippen MR) is 158 cm³/mol. The first-order valence-corrected chi connectivity index (χ1v) is 16.5. The summed E-state index contributed by atoms with van der Waals surface area (Å²) in [5.41, 5.74) is 8.05. The SMILES string of the molecule is C=CCCCCCC[Si](C)(C1=c2ccccc2=C2C=CC=CC21)C1c2ccccc2-c2ccccc21.[Cl-].[Cl-].[Ti+2]. The van der Waals surface area contributed by atoms with Crippen molar-refractivity contribution in [3.63, 3.8) is 0 Å². The largest absolute Gasteiger partial charge is 2.00 e. The fourth-order valence-electron chi connectivity index (χ4n) is 7.26. The average molecular weight is 604 g/mol. The first-order chi connectivity index (χ1) is 17.7. The summed E-state index contributed by atoms with van der Waals surface area (Å²) in [6.07, 6.45) is 17.8. The van der Waals surface area contributed by atoms with Crippen molar-refractivity contribution in [3.8, 4) is 11.1 Å². The number of rotatable bonds is 9. The van der Waals surface area contributed by atoms with Gasteiger partial charge in [-0.05, 0) is 51.1 Å². The second-order valence-corrected chi connectivity index (χ2v) is 15.4. The molecule has 0 nitrogen and oxygen atoms in total. The van der Waals surface area contributed by atoms with Crippen LogP contribution in [0.2, 0.25) is 12.6 Å². The molecular formula is C35H36Cl2SiTi. The number of hydrogen-bond donors (Lipinski definition) is 0. The molecule has 0 bridgehead atoms. The summed E-state index contributed by atoms with van der Waals surface area (Å²) in [6.45, 7) is 6.64. The molecule has 0 aromatic heterocycles. The summed E-state index contributed by atoms with van der Waals surface area (Å²) in [7, 11) is -2.02. The van der Waals surface area contributed by atoms with E-state index in [1.165, 1.54) is 58.9 Å². The molecule has 0 spiro atoms. The number of unbranched alkanes of at least 4 members (excludes halogenated alkanes) is 4. The second kappa shape index (κ2) is 13.7. The molecular weight excluding hydrogens is 567 g/mol. The Kier molecular flexibility index (Phi) is 11.1. The molecule has 0 fully saturated rings. The van der Waals surface area contributed by atoms with Crippen LogP contribution >= 0.6 is 0 Å². The van der Waals surface area contributed by atoms with Gasteiger partial charge >= 0.3 is 21.7 Å². The zero-order valence-corrected chi connectivity index (χ0v) is 26.7. The van der Waals surface area contributed by atoms with E-state index < -0.39 is 8.07 Å². The average Bonchev–Trinajstić information content (AvgIpc) is 3.45. The Hall–Kier alpha value is -1.87. The number of benzene rings is 3. The van der Waals surface area contributed by atoms with Crippen LogP contribution in [0, 0.1) is 5.92 Å². The zero-order chi connectivity index (χ0) is 24.5. The van der Waals surface area contributed by atoms with Crippen molar-refractivity contribution in [2.75, 3.05) is 0 Å². The van der Waals surface area contributed by atoms with E-state index in [4.69, 9.17) is 0 Å². The van der Waals surface area contributed by atoms with Crippen LogP contribution in [0.15, 0.2) is 110 Å². The van der Waals surface area contributed by atoms with Crippen molar-refractivity contribution in [2.45, 2.75) is 50.2 Å². The van der Waals surface area contributed by atoms with Crippen molar-refractivity contribution in [3.05, 3.63) is 131 Å². The molecule has 0 aliphatic heterocycles. The Bertz CT molecular complexity index is 1460. The second-order valence-electron chi connectivity index (χ2n) is 10.9. The normalized spacial score (nSPS) is 17.5. The molecule has 0 heterocycles. The van der Waals surface area contributed by atoms with Crippen LogP contribution in [0.4, 0.5) is 0 Å². The Morgan fingerprint density at radius 3 is 2.00 bits per heavy atom. The molecule has 0 saturated carbocycles. The van der Waals surface area contributed by atoms with E-state index in [9.17, 15) is 0 Å². The molecule has 4 heteroatoms. The Balaban J connectivity index is 0.00000140. The van der Waals surface area contributed by atoms with Gasteiger partial charge in [0, 0.05) is 11.5 Å². The molecule has 0 amide bonds. The van der Waals surface area contributed by atoms with Gasteiger partial charge in [0.05, 0.1) is 8.07 Å². The minimum atomic E-state index is -2.02. The van der Waals surface area contributed by atoms with Gasteiger partial charge in [0.1, 0.15) is 0 Å². The van der Waals surface area contributed by atoms with Crippen LogP contribution in [0.25, 0.3) is 21.9 Å². The summed E-state index contributed by atoms with van der Waals surface area (Å²) >= 11 is 0. The third kappa shape index (κ3) is 5.54. The predicted octanol–water partition coefficient (Wildman–Crippen LogP) is 1.86. The van der Waals surface area contributed by atoms with Gasteiger partial charge in [0.15, 0.2) is 0 Å². The molecule has 3 aromatic rings. The van der Waals surface area contributed by atoms with Gasteiger partial charge in [0.2, 0.25) is 0 Å². The molecule has 0 radical (unpaired) electrons. The van der Waals surface area contributed by atoms with Crippen molar-refractivity contribution in [1.29, 1.82) is 0 Å². The number of halogens is 2. The Labute approximate surface area is 262 Å². The summed E-state index contributed by atoms with van der Waals surface area (Å²) < 4.78 is 0. The smallest absolute Gasteiger partial charge is 1.00 e. The molecule has 198 valence electrons. The summed E-state index contributed by atoms with van der Waals surface area (Å²) in [4.78, 5) is 0. The maximum absolute atomic E-state index is 3.91. The molecule has 3 aliphatic rings. The van der Waals surface area contributed by atoms with Crippen molar-refractivity contribution < 1.29 is 46.5 Å². The van der Waals surface area contributed by atoms with Gasteiger partial charge in [0.25, 0.3) is 0 Å². The van der Waals surface area contributed by atoms with Crippen LogP contribution in [-0.4, -0.2) is 8.07 Å². The molecule has 6 rings (SSSR count). The summed E-state index contributed by atoms with van der Waals surface area (Å²) in [5.74, 6) is 0.421. The quantitative estimate of drug-likeness (QED) is 0.199. The van der Waals surface area contributed by atoms with E-state index in [0.717, 1.165) is 6.42 Å². The molecule has 3 aliphatic carbocycles. The van der Waals surface area contributed by atoms with E-state index in [1.807, 2.05) is 0 Å². The van der Waals surface area contributed by atoms with E-state index in [1.54, 1.807) is 16.3 Å². The third-order valence-corrected chi connectivity index (χ3v) is 13.9. The van der Waals surface area contributed by atoms with Gasteiger partial charge in [-0.25, -0.2) is 0 Å². The minimum absolute atomic E-state index is 0. The Morgan fingerprint density at radius 1 is 0.744 bits per heavy atom. The standard InChI is InChI=1S/C35H36Si.2ClH.Ti/c1-3-4-5-6-7-16-25-36(2,34-30-21-12-8-17-26(30)27-18-9-13-22-31(27)34)35-32-23-14-10-19-28(32)29-20-11-15-24-33(29)35;;;/h3,8-15,17-24,30,35H,1,4-7,16,25H2,2H3;2*1H;/q;;;+2/p-2. The van der Waals surface area contributed by atoms with Crippen LogP contribution in [0.5, 0.6) is 0 Å². The number of fused-ring (bicyclic) bond motifs is 5. The van der Waals surface area contributed by atoms with Crippen molar-refractivity contribution >= 4 is 18.8 Å². The number of allylic oxidation sites excluding steroid dienone is 5. The van der Waals surface area contributed by atoms with Gasteiger partial charge < -0.3 is 24.8 Å². The summed E-state index contributed by atoms with van der Waals surface area (Å²) in [5, 5.41) is 4.75. The topological polar surface area (TPSA) is 0 Å². The van der Waals surface area contributed by atoms with Crippen LogP contribution < -0.4 is 35.3 Å². The zero-order valence-electron chi connectivity index (χ0n) is 22.7. The molecule has 2 unspecified atom stereocenters. The summed E-state index contributed by atoms with van der Waals surface area (Å²) in [6, 6.07) is 29.1. The molecule has 39 heavy (non-hydrogen) atoms. The maximum Gasteiger partial charge on any atom is 2.00 e. The maximum atomic E-state index is 3.91. The van der Waals surface area contributed by atoms with E-state index in [0.29, 0.717) is 11.5 Å². The molecule has 0 saturated heterocycles. The van der Waals surface area contributed by atoms with Crippen LogP contribution in [0.1, 0.15) is 48.8 Å². The fraction of sp³-hybridized carbons (Fsp3) is 0.257. The Morgan fingerprint density at radius 2 is 1.33 bits per heavy atom. The monoisotopic (exact) mass is 602 g/mol. The fourth-order valence-corrected chi connectivity index (χ4v) is 12.8. The van der Waals surface area contributed by atoms with Gasteiger partial charge in [-0.15, -0.1) is 6.58 Å². The van der Waals surface area contributed by atoms with Crippen molar-refractivity contribution in [1.82, 2.24) is 0 Å². The van der Waals surface area contributed by atoms with E-state index >= 15 is 0 Å². The first-order valence-electron chi connectivity index (χ1n) is 13.7. The molecule has 3 aromatic carbocycles. The van der Waals surface area contributed by atoms with Crippen molar-refractivity contribution in [2.24, 2.45) is 5.92 Å². The first kappa shape index (κ1) is 31.7. The third-order valence-electron chi connectivity index (χ3n) is 8.81. The number of hydrogen-bond acceptors (Lipinski definition) is 0. The molecule has 2 atom stereocenters. The van der Waals surface area contributed by atoms with E-state index in [-0.39, 0.29) is 46.5 Å². The van der Waals surface area contributed by atoms with Gasteiger partial charge in [-0.1, -0.05) is 140 Å². The van der Waals surface area contributed by atoms with E-state index in [2.05, 4.69) is 116 Å². The minimum Gasteiger partial charge on any atom is -1.00 e.